The van der Waals surface area contributed by atoms with E-state index in [-0.39, 0.29) is 0 Å². The van der Waals surface area contributed by atoms with Crippen molar-refractivity contribution in [1.29, 1.82) is 0 Å². The molecular weight excluding hydrogens is 200 g/mol. The number of ether oxygens (including phenoxy) is 1. The van der Waals surface area contributed by atoms with E-state index in [2.05, 4.69) is 17.1 Å². The van der Waals surface area contributed by atoms with E-state index in [0.29, 0.717) is 0 Å². The summed E-state index contributed by atoms with van der Waals surface area (Å²) >= 11 is 0. The molecule has 2 unspecified atom stereocenters. The van der Waals surface area contributed by atoms with Gasteiger partial charge in [0.1, 0.15) is 0 Å². The molecule has 0 aromatic carbocycles. The van der Waals surface area contributed by atoms with Gasteiger partial charge in [0.2, 0.25) is 0 Å². The largest absolute Gasteiger partial charge is 0.384 e. The van der Waals surface area contributed by atoms with E-state index in [1.807, 2.05) is 7.11 Å². The summed E-state index contributed by atoms with van der Waals surface area (Å²) < 4.78 is 5.24. The quantitative estimate of drug-likeness (QED) is 0.779. The molecule has 1 N–H and O–H groups in total. The molecule has 2 atom stereocenters. The van der Waals surface area contributed by atoms with Gasteiger partial charge in [-0.15, -0.1) is 0 Å². The van der Waals surface area contributed by atoms with Crippen molar-refractivity contribution in [3.8, 4) is 0 Å². The lowest BCUT2D eigenvalue weighted by Crippen LogP contribution is -2.39. The number of nitrogens with one attached hydrogen (secondary N) is 1. The molecule has 3 nitrogen and oxygen atoms in total. The number of methoxy groups -OCH3 is 1. The average Bonchev–Trinajstić information content (AvgIpc) is 2.68. The summed E-state index contributed by atoms with van der Waals surface area (Å²) in [6, 6.07) is 0. The van der Waals surface area contributed by atoms with Gasteiger partial charge in [-0.05, 0) is 56.8 Å². The molecule has 3 heteroatoms. The van der Waals surface area contributed by atoms with Gasteiger partial charge in [-0.1, -0.05) is 6.92 Å². The van der Waals surface area contributed by atoms with E-state index >= 15 is 0 Å². The maximum Gasteiger partial charge on any atom is 0.0491 e. The highest BCUT2D eigenvalue weighted by atomic mass is 16.5. The van der Waals surface area contributed by atoms with E-state index < -0.39 is 0 Å². The van der Waals surface area contributed by atoms with Crippen LogP contribution in [-0.4, -0.2) is 51.3 Å². The fourth-order valence-corrected chi connectivity index (χ4v) is 3.01. The molecule has 0 aliphatic carbocycles. The summed E-state index contributed by atoms with van der Waals surface area (Å²) in [6.45, 7) is 9.61. The van der Waals surface area contributed by atoms with Crippen LogP contribution in [0.4, 0.5) is 0 Å². The first kappa shape index (κ1) is 12.3. The Kier molecular flexibility index (Phi) is 4.62. The van der Waals surface area contributed by atoms with Gasteiger partial charge in [0.25, 0.3) is 0 Å². The molecule has 2 aliphatic heterocycles. The number of hydrogen-bond donors (Lipinski definition) is 1. The molecule has 0 aromatic heterocycles. The Labute approximate surface area is 99.5 Å². The topological polar surface area (TPSA) is 24.5 Å². The van der Waals surface area contributed by atoms with Gasteiger partial charge in [0.15, 0.2) is 0 Å². The third-order valence-electron chi connectivity index (χ3n) is 4.28. The number of hydrogen-bond acceptors (Lipinski definition) is 3. The lowest BCUT2D eigenvalue weighted by atomic mass is 9.94. The van der Waals surface area contributed by atoms with Crippen LogP contribution in [0.25, 0.3) is 0 Å². The summed E-state index contributed by atoms with van der Waals surface area (Å²) in [5.41, 5.74) is 0. The minimum Gasteiger partial charge on any atom is -0.384 e. The van der Waals surface area contributed by atoms with Gasteiger partial charge < -0.3 is 15.0 Å². The molecule has 16 heavy (non-hydrogen) atoms. The zero-order chi connectivity index (χ0) is 11.4. The molecule has 0 radical (unpaired) electrons. The van der Waals surface area contributed by atoms with Crippen molar-refractivity contribution in [2.75, 3.05) is 46.4 Å². The minimum absolute atomic E-state index is 0.806. The molecule has 0 bridgehead atoms. The summed E-state index contributed by atoms with van der Waals surface area (Å²) in [5.74, 6) is 2.54. The van der Waals surface area contributed by atoms with Gasteiger partial charge in [-0.2, -0.15) is 0 Å². The molecular formula is C13H26N2O. The van der Waals surface area contributed by atoms with Crippen LogP contribution in [0.5, 0.6) is 0 Å². The Morgan fingerprint density at radius 2 is 2.00 bits per heavy atom. The van der Waals surface area contributed by atoms with Crippen LogP contribution in [0.15, 0.2) is 0 Å². The summed E-state index contributed by atoms with van der Waals surface area (Å²) in [6.07, 6.45) is 2.64. The van der Waals surface area contributed by atoms with Crippen molar-refractivity contribution in [2.24, 2.45) is 17.8 Å². The Hall–Kier alpha value is -0.120. The number of rotatable bonds is 4. The molecule has 94 valence electrons. The van der Waals surface area contributed by atoms with E-state index in [1.165, 1.54) is 45.6 Å². The fourth-order valence-electron chi connectivity index (χ4n) is 3.01. The number of nitrogens with zero attached hydrogens (tertiary/aromatic N) is 1. The second-order valence-corrected chi connectivity index (χ2v) is 5.59. The van der Waals surface area contributed by atoms with Gasteiger partial charge in [0, 0.05) is 20.3 Å². The third kappa shape index (κ3) is 3.19. The highest BCUT2D eigenvalue weighted by molar-refractivity contribution is 4.82. The van der Waals surface area contributed by atoms with Gasteiger partial charge in [-0.3, -0.25) is 0 Å². The average molecular weight is 226 g/mol. The zero-order valence-electron chi connectivity index (χ0n) is 10.7. The number of piperidine rings is 1. The van der Waals surface area contributed by atoms with Gasteiger partial charge in [-0.25, -0.2) is 0 Å². The minimum atomic E-state index is 0.806. The van der Waals surface area contributed by atoms with Crippen LogP contribution in [-0.2, 0) is 4.74 Å². The Balaban J connectivity index is 1.68. The molecule has 2 heterocycles. The van der Waals surface area contributed by atoms with Crippen molar-refractivity contribution in [3.05, 3.63) is 0 Å². The van der Waals surface area contributed by atoms with E-state index in [4.69, 9.17) is 4.74 Å². The van der Waals surface area contributed by atoms with E-state index in [1.54, 1.807) is 0 Å². The van der Waals surface area contributed by atoms with Crippen molar-refractivity contribution in [1.82, 2.24) is 10.2 Å². The van der Waals surface area contributed by atoms with Crippen LogP contribution >= 0.6 is 0 Å². The van der Waals surface area contributed by atoms with Crippen LogP contribution in [0.1, 0.15) is 19.8 Å². The first-order chi connectivity index (χ1) is 7.79. The third-order valence-corrected chi connectivity index (χ3v) is 4.28. The standard InChI is InChI=1S/C13H26N2O/c1-11-7-14-8-13(11)9-15-5-3-12(4-6-15)10-16-2/h11-14H,3-10H2,1-2H3. The van der Waals surface area contributed by atoms with E-state index in [0.717, 1.165) is 24.4 Å². The van der Waals surface area contributed by atoms with Crippen molar-refractivity contribution in [3.63, 3.8) is 0 Å². The summed E-state index contributed by atoms with van der Waals surface area (Å²) in [7, 11) is 1.82. The highest BCUT2D eigenvalue weighted by Crippen LogP contribution is 2.22. The van der Waals surface area contributed by atoms with E-state index in [9.17, 15) is 0 Å². The first-order valence-electron chi connectivity index (χ1n) is 6.71. The van der Waals surface area contributed by atoms with Gasteiger partial charge >= 0.3 is 0 Å². The molecule has 2 aliphatic rings. The maximum atomic E-state index is 5.24. The Morgan fingerprint density at radius 3 is 2.56 bits per heavy atom. The molecule has 2 saturated heterocycles. The first-order valence-corrected chi connectivity index (χ1v) is 6.71. The predicted molar refractivity (Wildman–Crippen MR) is 66.6 cm³/mol. The summed E-state index contributed by atoms with van der Waals surface area (Å²) in [4.78, 5) is 2.65. The molecule has 0 saturated carbocycles. The maximum absolute atomic E-state index is 5.24. The fraction of sp³-hybridized carbons (Fsp3) is 1.00. The molecule has 2 fully saturated rings. The lowest BCUT2D eigenvalue weighted by molar-refractivity contribution is 0.0910. The van der Waals surface area contributed by atoms with Crippen LogP contribution in [0.2, 0.25) is 0 Å². The molecule has 2 rings (SSSR count). The SMILES string of the molecule is COCC1CCN(CC2CNCC2C)CC1. The normalized spacial score (nSPS) is 33.4. The number of likely N-dealkylation sites (tertiary alicyclic amines) is 1. The monoisotopic (exact) mass is 226 g/mol. The van der Waals surface area contributed by atoms with Crippen LogP contribution in [0, 0.1) is 17.8 Å². The second-order valence-electron chi connectivity index (χ2n) is 5.59. The zero-order valence-corrected chi connectivity index (χ0v) is 10.7. The molecule has 0 amide bonds. The lowest BCUT2D eigenvalue weighted by Gasteiger charge is -2.33. The summed E-state index contributed by atoms with van der Waals surface area (Å²) in [5, 5.41) is 3.49. The molecule has 0 spiro atoms. The Morgan fingerprint density at radius 1 is 1.25 bits per heavy atom. The highest BCUT2D eigenvalue weighted by Gasteiger charge is 2.27. The predicted octanol–water partition coefficient (Wildman–Crippen LogP) is 1.20. The van der Waals surface area contributed by atoms with Gasteiger partial charge in [0.05, 0.1) is 0 Å². The smallest absolute Gasteiger partial charge is 0.0491 e. The van der Waals surface area contributed by atoms with Crippen molar-refractivity contribution >= 4 is 0 Å². The molecule has 0 aromatic rings. The van der Waals surface area contributed by atoms with Crippen LogP contribution < -0.4 is 5.32 Å². The Bertz CT molecular complexity index is 202. The second kappa shape index (κ2) is 5.99. The van der Waals surface area contributed by atoms with Crippen molar-refractivity contribution in [2.45, 2.75) is 19.8 Å². The van der Waals surface area contributed by atoms with Crippen LogP contribution in [0.3, 0.4) is 0 Å². The van der Waals surface area contributed by atoms with Crippen molar-refractivity contribution < 1.29 is 4.74 Å².